The first-order chi connectivity index (χ1) is 9.52. The first-order valence-electron chi connectivity index (χ1n) is 6.50. The maximum Gasteiger partial charge on any atom is 0.258 e. The van der Waals surface area contributed by atoms with Crippen LogP contribution in [-0.4, -0.2) is 34.8 Å². The average molecular weight is 273 g/mol. The number of hydrogen-bond acceptors (Lipinski definition) is 4. The Morgan fingerprint density at radius 2 is 2.10 bits per heavy atom. The molecule has 20 heavy (non-hydrogen) atoms. The van der Waals surface area contributed by atoms with E-state index >= 15 is 0 Å². The van der Waals surface area contributed by atoms with Gasteiger partial charge in [0, 0.05) is 32.4 Å². The molecule has 0 aliphatic rings. The third-order valence-electron chi connectivity index (χ3n) is 3.02. The van der Waals surface area contributed by atoms with E-state index in [4.69, 9.17) is 0 Å². The molecule has 1 N–H and O–H groups in total. The highest BCUT2D eigenvalue weighted by atomic mass is 16.1. The summed E-state index contributed by atoms with van der Waals surface area (Å²) in [6.45, 7) is 4.61. The van der Waals surface area contributed by atoms with E-state index in [1.807, 2.05) is 38.9 Å². The molecule has 0 aliphatic carbocycles. The zero-order chi connectivity index (χ0) is 14.7. The predicted molar refractivity (Wildman–Crippen MR) is 79.2 cm³/mol. The van der Waals surface area contributed by atoms with Crippen LogP contribution in [0.25, 0.3) is 0 Å². The normalized spacial score (nSPS) is 10.4. The van der Waals surface area contributed by atoms with E-state index in [1.165, 1.54) is 0 Å². The monoisotopic (exact) mass is 273 g/mol. The smallest absolute Gasteiger partial charge is 0.258 e. The molecule has 0 saturated heterocycles. The summed E-state index contributed by atoms with van der Waals surface area (Å²) in [5, 5.41) is 7.08. The minimum Gasteiger partial charge on any atom is -0.363 e. The summed E-state index contributed by atoms with van der Waals surface area (Å²) < 4.78 is 1.76. The quantitative estimate of drug-likeness (QED) is 0.924. The van der Waals surface area contributed by atoms with E-state index < -0.39 is 0 Å². The summed E-state index contributed by atoms with van der Waals surface area (Å²) in [6, 6.07) is 3.58. The standard InChI is InChI=1S/C14H19N5O/c1-5-19-13(10(2)8-16-19)17-14(20)11-6-7-12(15-9-11)18(3)4/h6-9H,5H2,1-4H3,(H,17,20). The first kappa shape index (κ1) is 14.0. The van der Waals surface area contributed by atoms with Crippen molar-refractivity contribution >= 4 is 17.5 Å². The van der Waals surface area contributed by atoms with Crippen LogP contribution in [0.1, 0.15) is 22.8 Å². The van der Waals surface area contributed by atoms with E-state index in [9.17, 15) is 4.79 Å². The van der Waals surface area contributed by atoms with Gasteiger partial charge in [-0.15, -0.1) is 0 Å². The maximum absolute atomic E-state index is 12.2. The average Bonchev–Trinajstić information content (AvgIpc) is 2.79. The number of nitrogens with one attached hydrogen (secondary N) is 1. The molecule has 2 rings (SSSR count). The van der Waals surface area contributed by atoms with Gasteiger partial charge in [-0.05, 0) is 26.0 Å². The summed E-state index contributed by atoms with van der Waals surface area (Å²) in [4.78, 5) is 18.3. The fourth-order valence-corrected chi connectivity index (χ4v) is 1.85. The minimum absolute atomic E-state index is 0.180. The first-order valence-corrected chi connectivity index (χ1v) is 6.50. The fourth-order valence-electron chi connectivity index (χ4n) is 1.85. The third kappa shape index (κ3) is 2.79. The number of hydrogen-bond donors (Lipinski definition) is 1. The molecule has 0 aromatic carbocycles. The number of aromatic nitrogens is 3. The molecule has 0 unspecified atom stereocenters. The van der Waals surface area contributed by atoms with Gasteiger partial charge in [0.2, 0.25) is 0 Å². The molecule has 6 nitrogen and oxygen atoms in total. The highest BCUT2D eigenvalue weighted by molar-refractivity contribution is 6.04. The Kier molecular flexibility index (Phi) is 4.02. The number of pyridine rings is 1. The van der Waals surface area contributed by atoms with Crippen molar-refractivity contribution in [3.63, 3.8) is 0 Å². The Labute approximate surface area is 118 Å². The number of amides is 1. The van der Waals surface area contributed by atoms with Crippen LogP contribution >= 0.6 is 0 Å². The van der Waals surface area contributed by atoms with Crippen LogP contribution in [0, 0.1) is 6.92 Å². The largest absolute Gasteiger partial charge is 0.363 e. The topological polar surface area (TPSA) is 63.1 Å². The van der Waals surface area contributed by atoms with Crippen molar-refractivity contribution in [1.29, 1.82) is 0 Å². The molecule has 106 valence electrons. The van der Waals surface area contributed by atoms with Crippen LogP contribution in [-0.2, 0) is 6.54 Å². The molecular weight excluding hydrogens is 254 g/mol. The molecule has 0 aliphatic heterocycles. The molecule has 2 aromatic heterocycles. The zero-order valence-electron chi connectivity index (χ0n) is 12.2. The summed E-state index contributed by atoms with van der Waals surface area (Å²) in [5.41, 5.74) is 1.47. The Hall–Kier alpha value is -2.37. The fraction of sp³-hybridized carbons (Fsp3) is 0.357. The van der Waals surface area contributed by atoms with Gasteiger partial charge in [-0.2, -0.15) is 5.10 Å². The molecule has 6 heteroatoms. The van der Waals surface area contributed by atoms with Gasteiger partial charge >= 0.3 is 0 Å². The number of rotatable bonds is 4. The van der Waals surface area contributed by atoms with Crippen molar-refractivity contribution in [1.82, 2.24) is 14.8 Å². The van der Waals surface area contributed by atoms with Crippen LogP contribution < -0.4 is 10.2 Å². The molecule has 2 aromatic rings. The van der Waals surface area contributed by atoms with E-state index in [-0.39, 0.29) is 5.91 Å². The van der Waals surface area contributed by atoms with Crippen molar-refractivity contribution in [2.45, 2.75) is 20.4 Å². The molecule has 0 atom stereocenters. The molecule has 0 spiro atoms. The summed E-state index contributed by atoms with van der Waals surface area (Å²) in [5.74, 6) is 1.37. The number of anilines is 2. The van der Waals surface area contributed by atoms with Crippen LogP contribution in [0.2, 0.25) is 0 Å². The maximum atomic E-state index is 12.2. The molecule has 2 heterocycles. The van der Waals surface area contributed by atoms with Gasteiger partial charge in [0.15, 0.2) is 0 Å². The lowest BCUT2D eigenvalue weighted by Crippen LogP contribution is -2.17. The Balaban J connectivity index is 2.17. The van der Waals surface area contributed by atoms with E-state index in [2.05, 4.69) is 15.4 Å². The van der Waals surface area contributed by atoms with E-state index in [0.717, 1.165) is 17.2 Å². The lowest BCUT2D eigenvalue weighted by molar-refractivity contribution is 0.102. The lowest BCUT2D eigenvalue weighted by Gasteiger charge is -2.12. The third-order valence-corrected chi connectivity index (χ3v) is 3.02. The van der Waals surface area contributed by atoms with Crippen molar-refractivity contribution in [2.24, 2.45) is 0 Å². The van der Waals surface area contributed by atoms with Crippen LogP contribution in [0.4, 0.5) is 11.6 Å². The minimum atomic E-state index is -0.180. The number of aryl methyl sites for hydroxylation is 2. The highest BCUT2D eigenvalue weighted by Gasteiger charge is 2.12. The van der Waals surface area contributed by atoms with Crippen molar-refractivity contribution in [3.8, 4) is 0 Å². The van der Waals surface area contributed by atoms with Gasteiger partial charge in [0.25, 0.3) is 5.91 Å². The van der Waals surface area contributed by atoms with Gasteiger partial charge < -0.3 is 10.2 Å². The van der Waals surface area contributed by atoms with E-state index in [1.54, 1.807) is 23.1 Å². The molecule has 1 amide bonds. The summed E-state index contributed by atoms with van der Waals surface area (Å²) in [7, 11) is 3.82. The van der Waals surface area contributed by atoms with Crippen LogP contribution in [0.15, 0.2) is 24.5 Å². The number of carbonyl (C=O) groups is 1. The summed E-state index contributed by atoms with van der Waals surface area (Å²) in [6.07, 6.45) is 3.32. The molecule has 0 radical (unpaired) electrons. The highest BCUT2D eigenvalue weighted by Crippen LogP contribution is 2.15. The summed E-state index contributed by atoms with van der Waals surface area (Å²) >= 11 is 0. The number of carbonyl (C=O) groups excluding carboxylic acids is 1. The second kappa shape index (κ2) is 5.73. The van der Waals surface area contributed by atoms with Gasteiger partial charge in [0.05, 0.1) is 11.8 Å². The molecule has 0 saturated carbocycles. The second-order valence-electron chi connectivity index (χ2n) is 4.75. The Morgan fingerprint density at radius 1 is 1.35 bits per heavy atom. The SMILES string of the molecule is CCn1ncc(C)c1NC(=O)c1ccc(N(C)C)nc1. The van der Waals surface area contributed by atoms with Gasteiger partial charge in [-0.3, -0.25) is 4.79 Å². The van der Waals surface area contributed by atoms with Crippen molar-refractivity contribution in [2.75, 3.05) is 24.3 Å². The molecule has 0 fully saturated rings. The van der Waals surface area contributed by atoms with Gasteiger partial charge in [-0.25, -0.2) is 9.67 Å². The van der Waals surface area contributed by atoms with Gasteiger partial charge in [0.1, 0.15) is 11.6 Å². The Bertz CT molecular complexity index is 601. The predicted octanol–water partition coefficient (Wildman–Crippen LogP) is 1.92. The number of nitrogens with zero attached hydrogens (tertiary/aromatic N) is 4. The lowest BCUT2D eigenvalue weighted by atomic mass is 10.2. The van der Waals surface area contributed by atoms with Gasteiger partial charge in [-0.1, -0.05) is 0 Å². The Morgan fingerprint density at radius 3 is 2.65 bits per heavy atom. The van der Waals surface area contributed by atoms with Crippen LogP contribution in [0.3, 0.4) is 0 Å². The van der Waals surface area contributed by atoms with Crippen molar-refractivity contribution in [3.05, 3.63) is 35.7 Å². The van der Waals surface area contributed by atoms with E-state index in [0.29, 0.717) is 12.1 Å². The zero-order valence-corrected chi connectivity index (χ0v) is 12.2. The second-order valence-corrected chi connectivity index (χ2v) is 4.75. The van der Waals surface area contributed by atoms with Crippen LogP contribution in [0.5, 0.6) is 0 Å². The molecular formula is C14H19N5O. The molecule has 0 bridgehead atoms. The van der Waals surface area contributed by atoms with Crippen molar-refractivity contribution < 1.29 is 4.79 Å².